The minimum atomic E-state index is 0. The fraction of sp³-hybridized carbons (Fsp3) is 0.0952. The van der Waals surface area contributed by atoms with Crippen molar-refractivity contribution in [1.82, 2.24) is 0 Å². The number of benzene rings is 4. The van der Waals surface area contributed by atoms with E-state index in [9.17, 15) is 0 Å². The number of halogens is 2. The number of thiophene rings is 2. The second-order valence-corrected chi connectivity index (χ2v) is 14.2. The van der Waals surface area contributed by atoms with Crippen molar-refractivity contribution in [2.24, 2.45) is 0 Å². The van der Waals surface area contributed by atoms with Crippen molar-refractivity contribution in [3.05, 3.63) is 154 Å². The number of fused-ring (bicyclic) bond motifs is 2. The van der Waals surface area contributed by atoms with Crippen LogP contribution in [-0.4, -0.2) is 0 Å². The van der Waals surface area contributed by atoms with Gasteiger partial charge in [-0.05, 0) is 58.3 Å². The molecule has 8 aromatic rings. The zero-order valence-corrected chi connectivity index (χ0v) is 32.4. The van der Waals surface area contributed by atoms with E-state index in [2.05, 4.69) is 161 Å². The molecule has 0 radical (unpaired) electrons. The second kappa shape index (κ2) is 15.9. The molecule has 5 heteroatoms. The monoisotopic (exact) mass is 762 g/mol. The van der Waals surface area contributed by atoms with Gasteiger partial charge in [0.05, 0.1) is 0 Å². The van der Waals surface area contributed by atoms with E-state index in [1.54, 1.807) is 0 Å². The molecule has 0 bridgehead atoms. The molecule has 0 spiro atoms. The standard InChI is InChI=1S/2C21H17S.2ClH.Zr/c2*1-14-6-9-16(10-7-14)19-5-3-4-17-12-18(13-20(17)19)21-11-8-15(2)22-21;;;/h2*3-13H,1-2H3;2*1H;/q2*-1;;;+4/p-2. The summed E-state index contributed by atoms with van der Waals surface area (Å²) in [5.41, 5.74) is 10.5. The van der Waals surface area contributed by atoms with Gasteiger partial charge in [-0.2, -0.15) is 22.7 Å². The van der Waals surface area contributed by atoms with Gasteiger partial charge in [0.25, 0.3) is 0 Å². The minimum Gasteiger partial charge on any atom is -1.00 e. The van der Waals surface area contributed by atoms with Crippen molar-refractivity contribution in [3.63, 3.8) is 0 Å². The fourth-order valence-corrected chi connectivity index (χ4v) is 7.61. The zero-order valence-electron chi connectivity index (χ0n) is 26.8. The average molecular weight is 765 g/mol. The van der Waals surface area contributed by atoms with Gasteiger partial charge >= 0.3 is 26.2 Å². The molecule has 2 aromatic heterocycles. The van der Waals surface area contributed by atoms with Gasteiger partial charge in [-0.3, -0.25) is 0 Å². The summed E-state index contributed by atoms with van der Waals surface area (Å²) in [6, 6.07) is 48.8. The maximum atomic E-state index is 2.33. The first kappa shape index (κ1) is 36.8. The van der Waals surface area contributed by atoms with Crippen molar-refractivity contribution < 1.29 is 51.0 Å². The summed E-state index contributed by atoms with van der Waals surface area (Å²) in [5, 5.41) is 5.32. The van der Waals surface area contributed by atoms with E-state index in [1.165, 1.54) is 85.6 Å². The third-order valence-corrected chi connectivity index (χ3v) is 10.4. The summed E-state index contributed by atoms with van der Waals surface area (Å²) >= 11 is 3.72. The van der Waals surface area contributed by atoms with Gasteiger partial charge in [-0.15, -0.1) is 69.1 Å². The average Bonchev–Trinajstić information content (AvgIpc) is 3.84. The first-order chi connectivity index (χ1) is 21.4. The van der Waals surface area contributed by atoms with Crippen molar-refractivity contribution >= 4 is 44.2 Å². The topological polar surface area (TPSA) is 0 Å². The van der Waals surface area contributed by atoms with Gasteiger partial charge in [0.15, 0.2) is 0 Å². The third-order valence-electron chi connectivity index (χ3n) is 8.28. The molecule has 0 aliphatic carbocycles. The summed E-state index contributed by atoms with van der Waals surface area (Å²) < 4.78 is 0. The molecule has 0 saturated heterocycles. The molecule has 232 valence electrons. The van der Waals surface area contributed by atoms with Gasteiger partial charge in [0, 0.05) is 0 Å². The molecule has 0 amide bonds. The summed E-state index contributed by atoms with van der Waals surface area (Å²) in [5.74, 6) is 0. The molecule has 0 atom stereocenters. The summed E-state index contributed by atoms with van der Waals surface area (Å²) in [6.45, 7) is 8.58. The Balaban J connectivity index is 0.000000200. The molecular weight excluding hydrogens is 731 g/mol. The molecule has 0 nitrogen and oxygen atoms in total. The Kier molecular flexibility index (Phi) is 12.5. The fourth-order valence-electron chi connectivity index (χ4n) is 5.90. The molecule has 47 heavy (non-hydrogen) atoms. The summed E-state index contributed by atoms with van der Waals surface area (Å²) in [7, 11) is 0. The maximum Gasteiger partial charge on any atom is 4.00 e. The Bertz CT molecular complexity index is 2050. The Morgan fingerprint density at radius 2 is 0.830 bits per heavy atom. The number of hydrogen-bond donors (Lipinski definition) is 0. The third kappa shape index (κ3) is 7.99. The zero-order chi connectivity index (χ0) is 30.2. The van der Waals surface area contributed by atoms with Crippen molar-refractivity contribution in [2.45, 2.75) is 27.7 Å². The Hall–Kier alpha value is -3.04. The van der Waals surface area contributed by atoms with Crippen molar-refractivity contribution in [3.8, 4) is 43.1 Å². The van der Waals surface area contributed by atoms with Gasteiger partial charge < -0.3 is 24.8 Å². The predicted octanol–water partition coefficient (Wildman–Crippen LogP) is 7.15. The minimum absolute atomic E-state index is 0. The van der Waals surface area contributed by atoms with Gasteiger partial charge in [-0.25, -0.2) is 0 Å². The molecule has 8 rings (SSSR count). The van der Waals surface area contributed by atoms with E-state index < -0.39 is 0 Å². The van der Waals surface area contributed by atoms with Crippen LogP contribution in [0.15, 0.2) is 133 Å². The molecule has 6 aromatic carbocycles. The van der Waals surface area contributed by atoms with Crippen LogP contribution in [0.5, 0.6) is 0 Å². The SMILES string of the molecule is Cc1ccc(-c2cccc3[cH-]c(-c4ccc(C)s4)cc23)cc1.Cc1ccc(-c2cccc3[cH-]c(-c4ccc(C)s4)cc23)cc1.[Cl-].[Cl-].[Zr+4]. The van der Waals surface area contributed by atoms with Crippen LogP contribution in [0.2, 0.25) is 0 Å². The number of aryl methyl sites for hydroxylation is 4. The normalized spacial score (nSPS) is 10.5. The molecule has 0 aliphatic heterocycles. The van der Waals surface area contributed by atoms with Crippen molar-refractivity contribution in [1.29, 1.82) is 0 Å². The first-order valence-electron chi connectivity index (χ1n) is 15.1. The number of hydrogen-bond acceptors (Lipinski definition) is 2. The van der Waals surface area contributed by atoms with Crippen LogP contribution in [0.25, 0.3) is 64.7 Å². The van der Waals surface area contributed by atoms with E-state index in [4.69, 9.17) is 0 Å². The molecular formula is C42H34Cl2S2Zr. The summed E-state index contributed by atoms with van der Waals surface area (Å²) in [4.78, 5) is 5.42. The van der Waals surface area contributed by atoms with Gasteiger partial charge in [0.1, 0.15) is 0 Å². The van der Waals surface area contributed by atoms with E-state index in [1.807, 2.05) is 22.7 Å². The second-order valence-electron chi connectivity index (χ2n) is 11.7. The van der Waals surface area contributed by atoms with Crippen LogP contribution in [0, 0.1) is 27.7 Å². The number of rotatable bonds is 4. The molecule has 0 unspecified atom stereocenters. The Labute approximate surface area is 317 Å². The van der Waals surface area contributed by atoms with E-state index in [0.717, 1.165) is 0 Å². The van der Waals surface area contributed by atoms with Crippen molar-refractivity contribution in [2.75, 3.05) is 0 Å². The predicted molar refractivity (Wildman–Crippen MR) is 196 cm³/mol. The first-order valence-corrected chi connectivity index (χ1v) is 16.7. The largest absolute Gasteiger partial charge is 4.00 e. The quantitative estimate of drug-likeness (QED) is 0.167. The van der Waals surface area contributed by atoms with Crippen LogP contribution >= 0.6 is 22.7 Å². The molecule has 0 fully saturated rings. The maximum absolute atomic E-state index is 2.33. The molecule has 2 heterocycles. The molecule has 0 saturated carbocycles. The summed E-state index contributed by atoms with van der Waals surface area (Å²) in [6.07, 6.45) is 0. The Morgan fingerprint density at radius 1 is 0.447 bits per heavy atom. The van der Waals surface area contributed by atoms with Crippen LogP contribution in [0.3, 0.4) is 0 Å². The Morgan fingerprint density at radius 3 is 1.17 bits per heavy atom. The molecule has 0 aliphatic rings. The van der Waals surface area contributed by atoms with E-state index in [-0.39, 0.29) is 51.0 Å². The van der Waals surface area contributed by atoms with E-state index in [0.29, 0.717) is 0 Å². The van der Waals surface area contributed by atoms with E-state index >= 15 is 0 Å². The van der Waals surface area contributed by atoms with Crippen LogP contribution < -0.4 is 24.8 Å². The van der Waals surface area contributed by atoms with Crippen LogP contribution in [-0.2, 0) is 26.2 Å². The molecule has 0 N–H and O–H groups in total. The van der Waals surface area contributed by atoms with Gasteiger partial charge in [0.2, 0.25) is 0 Å². The van der Waals surface area contributed by atoms with Gasteiger partial charge in [-0.1, -0.05) is 119 Å². The van der Waals surface area contributed by atoms with Crippen LogP contribution in [0.1, 0.15) is 20.9 Å². The van der Waals surface area contributed by atoms with Crippen LogP contribution in [0.4, 0.5) is 0 Å². The smallest absolute Gasteiger partial charge is 1.00 e.